The molecular weight excluding hydrogens is 170 g/mol. The maximum atomic E-state index is 3.84. The molecule has 1 aromatic rings. The quantitative estimate of drug-likeness (QED) is 0.702. The molecule has 14 heavy (non-hydrogen) atoms. The van der Waals surface area contributed by atoms with E-state index >= 15 is 0 Å². The number of hydrogen-bond donors (Lipinski definition) is 1. The summed E-state index contributed by atoms with van der Waals surface area (Å²) in [5.74, 6) is 0. The van der Waals surface area contributed by atoms with E-state index in [4.69, 9.17) is 0 Å². The van der Waals surface area contributed by atoms with Gasteiger partial charge in [0, 0.05) is 0 Å². The van der Waals surface area contributed by atoms with E-state index in [9.17, 15) is 0 Å². The first-order valence-electron chi connectivity index (χ1n) is 5.26. The van der Waals surface area contributed by atoms with Crippen molar-refractivity contribution in [1.29, 1.82) is 0 Å². The molecule has 0 aromatic heterocycles. The van der Waals surface area contributed by atoms with Crippen molar-refractivity contribution in [2.75, 3.05) is 6.54 Å². The van der Waals surface area contributed by atoms with Gasteiger partial charge in [0.25, 0.3) is 0 Å². The second kappa shape index (κ2) is 5.61. The van der Waals surface area contributed by atoms with Gasteiger partial charge in [-0.3, -0.25) is 0 Å². The molecule has 0 radical (unpaired) electrons. The van der Waals surface area contributed by atoms with Crippen LogP contribution in [0.5, 0.6) is 0 Å². The second-order valence-electron chi connectivity index (χ2n) is 3.37. The SMILES string of the molecule is C=CC(NCC)c1ccc(CC)cc1. The van der Waals surface area contributed by atoms with Crippen molar-refractivity contribution in [2.24, 2.45) is 0 Å². The van der Waals surface area contributed by atoms with Crippen LogP contribution in [0.25, 0.3) is 0 Å². The number of likely N-dealkylation sites (N-methyl/N-ethyl adjacent to an activating group) is 1. The fourth-order valence-corrected chi connectivity index (χ4v) is 1.52. The van der Waals surface area contributed by atoms with Crippen LogP contribution in [-0.2, 0) is 6.42 Å². The largest absolute Gasteiger partial charge is 0.307 e. The van der Waals surface area contributed by atoms with Crippen LogP contribution in [-0.4, -0.2) is 6.54 Å². The molecule has 1 rings (SSSR count). The van der Waals surface area contributed by atoms with Crippen molar-refractivity contribution < 1.29 is 0 Å². The Bertz CT molecular complexity index is 274. The molecule has 1 aromatic carbocycles. The van der Waals surface area contributed by atoms with Gasteiger partial charge in [0.15, 0.2) is 0 Å². The van der Waals surface area contributed by atoms with E-state index < -0.39 is 0 Å². The molecular formula is C13H19N. The minimum Gasteiger partial charge on any atom is -0.307 e. The highest BCUT2D eigenvalue weighted by Gasteiger charge is 2.04. The van der Waals surface area contributed by atoms with Crippen LogP contribution in [0.3, 0.4) is 0 Å². The lowest BCUT2D eigenvalue weighted by molar-refractivity contribution is 0.649. The molecule has 0 saturated heterocycles. The van der Waals surface area contributed by atoms with Gasteiger partial charge in [0.05, 0.1) is 6.04 Å². The molecule has 0 saturated carbocycles. The van der Waals surface area contributed by atoms with Gasteiger partial charge in [-0.05, 0) is 24.1 Å². The summed E-state index contributed by atoms with van der Waals surface area (Å²) in [6.45, 7) is 9.08. The summed E-state index contributed by atoms with van der Waals surface area (Å²) in [4.78, 5) is 0. The zero-order valence-electron chi connectivity index (χ0n) is 9.09. The predicted octanol–water partition coefficient (Wildman–Crippen LogP) is 3.09. The third-order valence-electron chi connectivity index (χ3n) is 2.41. The summed E-state index contributed by atoms with van der Waals surface area (Å²) in [5, 5.41) is 3.37. The fourth-order valence-electron chi connectivity index (χ4n) is 1.52. The van der Waals surface area contributed by atoms with Gasteiger partial charge >= 0.3 is 0 Å². The van der Waals surface area contributed by atoms with Crippen LogP contribution in [0.2, 0.25) is 0 Å². The minimum atomic E-state index is 0.283. The molecule has 1 atom stereocenters. The van der Waals surface area contributed by atoms with Crippen LogP contribution >= 0.6 is 0 Å². The van der Waals surface area contributed by atoms with Gasteiger partial charge < -0.3 is 5.32 Å². The molecule has 76 valence electrons. The zero-order valence-corrected chi connectivity index (χ0v) is 9.09. The molecule has 0 heterocycles. The highest BCUT2D eigenvalue weighted by Crippen LogP contribution is 2.14. The average Bonchev–Trinajstić information content (AvgIpc) is 2.26. The van der Waals surface area contributed by atoms with Crippen LogP contribution in [0.4, 0.5) is 0 Å². The third-order valence-corrected chi connectivity index (χ3v) is 2.41. The highest BCUT2D eigenvalue weighted by molar-refractivity contribution is 5.27. The maximum Gasteiger partial charge on any atom is 0.0503 e. The molecule has 0 fully saturated rings. The number of aryl methyl sites for hydroxylation is 1. The van der Waals surface area contributed by atoms with E-state index in [0.29, 0.717) is 0 Å². The van der Waals surface area contributed by atoms with Gasteiger partial charge in [-0.1, -0.05) is 44.2 Å². The highest BCUT2D eigenvalue weighted by atomic mass is 14.9. The van der Waals surface area contributed by atoms with Crippen molar-refractivity contribution in [3.05, 3.63) is 48.0 Å². The van der Waals surface area contributed by atoms with Gasteiger partial charge in [0.1, 0.15) is 0 Å². The van der Waals surface area contributed by atoms with Gasteiger partial charge in [-0.25, -0.2) is 0 Å². The van der Waals surface area contributed by atoms with Crippen molar-refractivity contribution in [3.8, 4) is 0 Å². The standard InChI is InChI=1S/C13H19N/c1-4-11-7-9-12(10-8-11)13(5-2)14-6-3/h5,7-10,13-14H,2,4,6H2,1,3H3. The van der Waals surface area contributed by atoms with E-state index in [2.05, 4.69) is 50.0 Å². The van der Waals surface area contributed by atoms with Gasteiger partial charge in [-0.15, -0.1) is 6.58 Å². The first kappa shape index (κ1) is 11.0. The minimum absolute atomic E-state index is 0.283. The Morgan fingerprint density at radius 3 is 2.36 bits per heavy atom. The molecule has 1 nitrogen and oxygen atoms in total. The molecule has 0 aliphatic rings. The predicted molar refractivity (Wildman–Crippen MR) is 62.4 cm³/mol. The number of hydrogen-bond acceptors (Lipinski definition) is 1. The lowest BCUT2D eigenvalue weighted by Crippen LogP contribution is -2.18. The van der Waals surface area contributed by atoms with Gasteiger partial charge in [-0.2, -0.15) is 0 Å². The van der Waals surface area contributed by atoms with Crippen molar-refractivity contribution in [1.82, 2.24) is 5.32 Å². The van der Waals surface area contributed by atoms with Crippen LogP contribution < -0.4 is 5.32 Å². The fraction of sp³-hybridized carbons (Fsp3) is 0.385. The normalized spacial score (nSPS) is 12.4. The molecule has 0 spiro atoms. The monoisotopic (exact) mass is 189 g/mol. The molecule has 1 N–H and O–H groups in total. The van der Waals surface area contributed by atoms with Crippen LogP contribution in [0.1, 0.15) is 31.0 Å². The number of nitrogens with one attached hydrogen (secondary N) is 1. The summed E-state index contributed by atoms with van der Waals surface area (Å²) in [6.07, 6.45) is 3.05. The maximum absolute atomic E-state index is 3.84. The molecule has 0 aliphatic heterocycles. The third kappa shape index (κ3) is 2.71. The van der Waals surface area contributed by atoms with E-state index in [1.165, 1.54) is 11.1 Å². The second-order valence-corrected chi connectivity index (χ2v) is 3.37. The van der Waals surface area contributed by atoms with Crippen molar-refractivity contribution in [2.45, 2.75) is 26.3 Å². The van der Waals surface area contributed by atoms with E-state index in [-0.39, 0.29) is 6.04 Å². The molecule has 0 aliphatic carbocycles. The van der Waals surface area contributed by atoms with E-state index in [1.807, 2.05) is 6.08 Å². The molecule has 0 bridgehead atoms. The lowest BCUT2D eigenvalue weighted by atomic mass is 10.0. The molecule has 0 amide bonds. The average molecular weight is 189 g/mol. The van der Waals surface area contributed by atoms with Crippen LogP contribution in [0, 0.1) is 0 Å². The van der Waals surface area contributed by atoms with E-state index in [1.54, 1.807) is 0 Å². The van der Waals surface area contributed by atoms with E-state index in [0.717, 1.165) is 13.0 Å². The van der Waals surface area contributed by atoms with Crippen LogP contribution in [0.15, 0.2) is 36.9 Å². The summed E-state index contributed by atoms with van der Waals surface area (Å²) in [5.41, 5.74) is 2.67. The topological polar surface area (TPSA) is 12.0 Å². The Kier molecular flexibility index (Phi) is 4.41. The first-order chi connectivity index (χ1) is 6.81. The summed E-state index contributed by atoms with van der Waals surface area (Å²) in [6, 6.07) is 9.00. The van der Waals surface area contributed by atoms with Crippen molar-refractivity contribution in [3.63, 3.8) is 0 Å². The Morgan fingerprint density at radius 2 is 1.93 bits per heavy atom. The Hall–Kier alpha value is -1.08. The lowest BCUT2D eigenvalue weighted by Gasteiger charge is -2.13. The number of rotatable bonds is 5. The molecule has 1 heteroatoms. The Labute approximate surface area is 86.8 Å². The summed E-state index contributed by atoms with van der Waals surface area (Å²) in [7, 11) is 0. The first-order valence-corrected chi connectivity index (χ1v) is 5.26. The summed E-state index contributed by atoms with van der Waals surface area (Å²) >= 11 is 0. The Balaban J connectivity index is 2.78. The van der Waals surface area contributed by atoms with Crippen molar-refractivity contribution >= 4 is 0 Å². The molecule has 1 unspecified atom stereocenters. The summed E-state index contributed by atoms with van der Waals surface area (Å²) < 4.78 is 0. The zero-order chi connectivity index (χ0) is 10.4. The smallest absolute Gasteiger partial charge is 0.0503 e. The van der Waals surface area contributed by atoms with Gasteiger partial charge in [0.2, 0.25) is 0 Å². The number of benzene rings is 1. The Morgan fingerprint density at radius 1 is 1.29 bits per heavy atom.